The molecule has 1 aliphatic rings. The predicted octanol–water partition coefficient (Wildman–Crippen LogP) is 3.49. The molecule has 2 rings (SSSR count). The van der Waals surface area contributed by atoms with Crippen molar-refractivity contribution in [3.63, 3.8) is 0 Å². The Morgan fingerprint density at radius 2 is 1.97 bits per heavy atom. The lowest BCUT2D eigenvalue weighted by Crippen LogP contribution is -2.48. The highest BCUT2D eigenvalue weighted by Gasteiger charge is 2.23. The van der Waals surface area contributed by atoms with Crippen LogP contribution < -0.4 is 10.6 Å². The fraction of sp³-hybridized carbons (Fsp3) is 0.696. The molecule has 0 radical (unpaired) electrons. The second-order valence-electron chi connectivity index (χ2n) is 7.89. The lowest BCUT2D eigenvalue weighted by molar-refractivity contribution is 0.0169. The normalized spacial score (nSPS) is 17.2. The van der Waals surface area contributed by atoms with Crippen molar-refractivity contribution in [2.24, 2.45) is 4.99 Å². The smallest absolute Gasteiger partial charge is 0.191 e. The molecule has 1 heterocycles. The fourth-order valence-corrected chi connectivity index (χ4v) is 3.92. The van der Waals surface area contributed by atoms with E-state index in [9.17, 15) is 4.39 Å². The monoisotopic (exact) mass is 549 g/mol. The lowest BCUT2D eigenvalue weighted by atomic mass is 10.0. The van der Waals surface area contributed by atoms with Gasteiger partial charge in [-0.1, -0.05) is 26.0 Å². The van der Waals surface area contributed by atoms with Crippen LogP contribution in [0.15, 0.2) is 29.3 Å². The maximum Gasteiger partial charge on any atom is 0.191 e. The van der Waals surface area contributed by atoms with Crippen LogP contribution in [0, 0.1) is 5.82 Å². The van der Waals surface area contributed by atoms with Gasteiger partial charge in [-0.15, -0.1) is 24.0 Å². The maximum absolute atomic E-state index is 13.9. The van der Waals surface area contributed by atoms with Gasteiger partial charge in [-0.05, 0) is 57.1 Å². The number of ether oxygens (including phenoxy) is 1. The summed E-state index contributed by atoms with van der Waals surface area (Å²) in [5, 5.41) is 6.96. The molecule has 0 bridgehead atoms. The Labute approximate surface area is 205 Å². The van der Waals surface area contributed by atoms with Crippen LogP contribution in [0.3, 0.4) is 0 Å². The van der Waals surface area contributed by atoms with Gasteiger partial charge >= 0.3 is 0 Å². The average Bonchev–Trinajstić information content (AvgIpc) is 2.77. The summed E-state index contributed by atoms with van der Waals surface area (Å²) in [6.45, 7) is 13.7. The van der Waals surface area contributed by atoms with Crippen LogP contribution in [-0.4, -0.2) is 81.3 Å². The molecule has 0 saturated carbocycles. The number of hydrogen-bond acceptors (Lipinski definition) is 4. The number of benzene rings is 1. The molecule has 1 aromatic rings. The number of rotatable bonds is 11. The molecule has 0 aliphatic carbocycles. The van der Waals surface area contributed by atoms with Crippen molar-refractivity contribution in [1.29, 1.82) is 0 Å². The minimum absolute atomic E-state index is 0. The van der Waals surface area contributed by atoms with E-state index < -0.39 is 0 Å². The third-order valence-corrected chi connectivity index (χ3v) is 5.80. The van der Waals surface area contributed by atoms with E-state index in [4.69, 9.17) is 4.74 Å². The van der Waals surface area contributed by atoms with Gasteiger partial charge in [-0.25, -0.2) is 4.39 Å². The molecule has 1 aromatic carbocycles. The number of morpholine rings is 1. The summed E-state index contributed by atoms with van der Waals surface area (Å²) >= 11 is 0. The Hall–Kier alpha value is -0.970. The van der Waals surface area contributed by atoms with E-state index in [2.05, 4.69) is 46.2 Å². The number of hydrogen-bond donors (Lipinski definition) is 2. The Balaban J connectivity index is 0.00000480. The second kappa shape index (κ2) is 15.8. The third-order valence-electron chi connectivity index (χ3n) is 5.80. The molecule has 2 unspecified atom stereocenters. The fourth-order valence-electron chi connectivity index (χ4n) is 3.92. The number of guanidine groups is 1. The van der Waals surface area contributed by atoms with Gasteiger partial charge in [-0.2, -0.15) is 0 Å². The summed E-state index contributed by atoms with van der Waals surface area (Å²) < 4.78 is 19.4. The molecule has 1 aliphatic heterocycles. The van der Waals surface area contributed by atoms with Gasteiger partial charge in [0.25, 0.3) is 0 Å². The van der Waals surface area contributed by atoms with Crippen LogP contribution in [0.1, 0.15) is 45.2 Å². The van der Waals surface area contributed by atoms with Crippen molar-refractivity contribution in [3.05, 3.63) is 35.6 Å². The molecule has 1 saturated heterocycles. The topological polar surface area (TPSA) is 52.1 Å². The summed E-state index contributed by atoms with van der Waals surface area (Å²) in [4.78, 5) is 9.20. The summed E-state index contributed by atoms with van der Waals surface area (Å²) in [5.41, 5.74) is 0.979. The van der Waals surface area contributed by atoms with E-state index in [0.29, 0.717) is 25.8 Å². The van der Waals surface area contributed by atoms with Gasteiger partial charge in [0.05, 0.1) is 19.3 Å². The molecule has 8 heteroatoms. The van der Waals surface area contributed by atoms with Gasteiger partial charge < -0.3 is 20.3 Å². The van der Waals surface area contributed by atoms with Crippen molar-refractivity contribution in [3.8, 4) is 0 Å². The van der Waals surface area contributed by atoms with Gasteiger partial charge in [0.1, 0.15) is 5.82 Å². The van der Waals surface area contributed by atoms with Crippen LogP contribution in [0.2, 0.25) is 0 Å². The summed E-state index contributed by atoms with van der Waals surface area (Å²) in [6, 6.07) is 7.31. The first-order valence-electron chi connectivity index (χ1n) is 11.3. The van der Waals surface area contributed by atoms with Gasteiger partial charge in [-0.3, -0.25) is 9.89 Å². The van der Waals surface area contributed by atoms with Crippen molar-refractivity contribution in [1.82, 2.24) is 20.4 Å². The lowest BCUT2D eigenvalue weighted by Gasteiger charge is -2.35. The van der Waals surface area contributed by atoms with Crippen LogP contribution in [-0.2, 0) is 4.74 Å². The molecule has 1 fully saturated rings. The Morgan fingerprint density at radius 1 is 1.26 bits per heavy atom. The van der Waals surface area contributed by atoms with E-state index >= 15 is 0 Å². The molecule has 0 aromatic heterocycles. The van der Waals surface area contributed by atoms with Crippen molar-refractivity contribution >= 4 is 29.9 Å². The molecule has 0 spiro atoms. The first-order chi connectivity index (χ1) is 14.6. The highest BCUT2D eigenvalue weighted by molar-refractivity contribution is 14.0. The van der Waals surface area contributed by atoms with E-state index in [1.165, 1.54) is 6.07 Å². The third kappa shape index (κ3) is 10.0. The minimum Gasteiger partial charge on any atom is -0.379 e. The van der Waals surface area contributed by atoms with Gasteiger partial charge in [0, 0.05) is 32.7 Å². The summed E-state index contributed by atoms with van der Waals surface area (Å²) in [5.74, 6) is 0.593. The van der Waals surface area contributed by atoms with Crippen molar-refractivity contribution in [2.45, 2.75) is 45.7 Å². The summed E-state index contributed by atoms with van der Waals surface area (Å²) in [6.07, 6.45) is 2.25. The van der Waals surface area contributed by atoms with Gasteiger partial charge in [0.15, 0.2) is 5.96 Å². The molecular formula is C23H41FIN5O. The zero-order valence-corrected chi connectivity index (χ0v) is 21.9. The molecule has 178 valence electrons. The zero-order valence-electron chi connectivity index (χ0n) is 19.6. The molecular weight excluding hydrogens is 508 g/mol. The minimum atomic E-state index is -0.199. The van der Waals surface area contributed by atoms with Gasteiger partial charge in [0.2, 0.25) is 0 Å². The standard InChI is InChI=1S/C23H40FN5O.HI/c1-5-28(6-2)12-8-9-19(3)27-23(25-4)26-18-22(29-13-15-30-16-14-29)20-10-7-11-21(24)17-20;/h7,10-11,17,19,22H,5-6,8-9,12-16,18H2,1-4H3,(H2,25,26,27);1H. The van der Waals surface area contributed by atoms with Crippen LogP contribution in [0.4, 0.5) is 4.39 Å². The van der Waals surface area contributed by atoms with E-state index in [0.717, 1.165) is 57.1 Å². The largest absolute Gasteiger partial charge is 0.379 e. The van der Waals surface area contributed by atoms with E-state index in [1.54, 1.807) is 19.2 Å². The maximum atomic E-state index is 13.9. The first-order valence-corrected chi connectivity index (χ1v) is 11.3. The molecule has 0 amide bonds. The Morgan fingerprint density at radius 3 is 2.58 bits per heavy atom. The molecule has 6 nitrogen and oxygen atoms in total. The van der Waals surface area contributed by atoms with Crippen LogP contribution in [0.25, 0.3) is 0 Å². The highest BCUT2D eigenvalue weighted by atomic mass is 127. The number of nitrogens with zero attached hydrogens (tertiary/aromatic N) is 3. The van der Waals surface area contributed by atoms with Crippen LogP contribution in [0.5, 0.6) is 0 Å². The zero-order chi connectivity index (χ0) is 21.8. The molecule has 2 atom stereocenters. The quantitative estimate of drug-likeness (QED) is 0.252. The Kier molecular flexibility index (Phi) is 14.3. The van der Waals surface area contributed by atoms with E-state index in [1.807, 2.05) is 6.07 Å². The second-order valence-corrected chi connectivity index (χ2v) is 7.89. The molecule has 2 N–H and O–H groups in total. The highest BCUT2D eigenvalue weighted by Crippen LogP contribution is 2.22. The SMILES string of the molecule is CCN(CC)CCCC(C)NC(=NC)NCC(c1cccc(F)c1)N1CCOCC1.I. The van der Waals surface area contributed by atoms with Crippen LogP contribution >= 0.6 is 24.0 Å². The number of halogens is 2. The first kappa shape index (κ1) is 28.1. The summed E-state index contributed by atoms with van der Waals surface area (Å²) in [7, 11) is 1.80. The van der Waals surface area contributed by atoms with Crippen molar-refractivity contribution in [2.75, 3.05) is 59.5 Å². The Bertz CT molecular complexity index is 638. The molecule has 31 heavy (non-hydrogen) atoms. The van der Waals surface area contributed by atoms with E-state index in [-0.39, 0.29) is 35.8 Å². The predicted molar refractivity (Wildman–Crippen MR) is 138 cm³/mol. The van der Waals surface area contributed by atoms with Crippen molar-refractivity contribution < 1.29 is 9.13 Å². The number of aliphatic imine (C=N–C) groups is 1. The average molecular weight is 550 g/mol. The number of nitrogens with one attached hydrogen (secondary N) is 2.